The average molecular weight is 266 g/mol. The number of carbonyl (C=O) groups is 2. The van der Waals surface area contributed by atoms with Crippen LogP contribution in [0.25, 0.3) is 0 Å². The molecule has 0 aliphatic rings. The van der Waals surface area contributed by atoms with E-state index in [1.54, 1.807) is 0 Å². The summed E-state index contributed by atoms with van der Waals surface area (Å²) in [5, 5.41) is 14.9. The number of H-pyrrole nitrogens is 1. The van der Waals surface area contributed by atoms with Crippen molar-refractivity contribution in [1.29, 1.82) is 0 Å². The predicted octanol–water partition coefficient (Wildman–Crippen LogP) is 2.97. The molecular formula is C14H22N2O3. The van der Waals surface area contributed by atoms with Crippen molar-refractivity contribution in [3.8, 4) is 0 Å². The number of carbonyl (C=O) groups excluding carboxylic acids is 1. The highest BCUT2D eigenvalue weighted by Gasteiger charge is 2.14. The molecule has 0 aliphatic carbocycles. The van der Waals surface area contributed by atoms with Crippen LogP contribution in [-0.4, -0.2) is 27.1 Å². The number of ketones is 1. The number of hydrogen-bond acceptors (Lipinski definition) is 3. The lowest BCUT2D eigenvalue weighted by molar-refractivity contribution is -0.118. The van der Waals surface area contributed by atoms with E-state index in [1.807, 2.05) is 0 Å². The van der Waals surface area contributed by atoms with Gasteiger partial charge in [-0.2, -0.15) is 5.10 Å². The fraction of sp³-hybridized carbons (Fsp3) is 0.643. The number of nitrogens with one attached hydrogen (secondary N) is 1. The summed E-state index contributed by atoms with van der Waals surface area (Å²) >= 11 is 0. The summed E-state index contributed by atoms with van der Waals surface area (Å²) in [4.78, 5) is 22.6. The van der Waals surface area contributed by atoms with E-state index in [0.29, 0.717) is 12.0 Å². The van der Waals surface area contributed by atoms with E-state index in [2.05, 4.69) is 17.1 Å². The number of carboxylic acids is 1. The van der Waals surface area contributed by atoms with E-state index in [1.165, 1.54) is 31.9 Å². The zero-order valence-electron chi connectivity index (χ0n) is 11.4. The van der Waals surface area contributed by atoms with Crippen molar-refractivity contribution < 1.29 is 14.7 Å². The van der Waals surface area contributed by atoms with Crippen LogP contribution < -0.4 is 0 Å². The van der Waals surface area contributed by atoms with Gasteiger partial charge in [0.05, 0.1) is 6.20 Å². The van der Waals surface area contributed by atoms with Gasteiger partial charge in [-0.3, -0.25) is 9.89 Å². The fourth-order valence-corrected chi connectivity index (χ4v) is 2.03. The van der Waals surface area contributed by atoms with Crippen molar-refractivity contribution in [1.82, 2.24) is 10.2 Å². The van der Waals surface area contributed by atoms with Gasteiger partial charge in [0, 0.05) is 18.4 Å². The molecule has 0 saturated carbocycles. The highest BCUT2D eigenvalue weighted by Crippen LogP contribution is 2.11. The summed E-state index contributed by atoms with van der Waals surface area (Å²) in [5.74, 6) is -0.987. The molecular weight excluding hydrogens is 244 g/mol. The Balaban J connectivity index is 2.24. The van der Waals surface area contributed by atoms with Crippen molar-refractivity contribution in [3.63, 3.8) is 0 Å². The number of Topliss-reactive ketones (excluding diaryl/α,β-unsaturated/α-hetero) is 1. The Hall–Kier alpha value is -1.65. The summed E-state index contributed by atoms with van der Waals surface area (Å²) in [6.07, 6.45) is 8.95. The Bertz CT molecular complexity index is 413. The van der Waals surface area contributed by atoms with Gasteiger partial charge < -0.3 is 5.11 Å². The summed E-state index contributed by atoms with van der Waals surface area (Å²) < 4.78 is 0. The van der Waals surface area contributed by atoms with Gasteiger partial charge in [0.1, 0.15) is 11.5 Å². The number of aromatic amines is 1. The monoisotopic (exact) mass is 266 g/mol. The molecule has 0 amide bonds. The minimum atomic E-state index is -1.07. The minimum Gasteiger partial charge on any atom is -0.477 e. The van der Waals surface area contributed by atoms with Crippen LogP contribution in [0.3, 0.4) is 0 Å². The molecule has 5 heteroatoms. The van der Waals surface area contributed by atoms with Crippen LogP contribution >= 0.6 is 0 Å². The van der Waals surface area contributed by atoms with E-state index >= 15 is 0 Å². The molecule has 2 N–H and O–H groups in total. The predicted molar refractivity (Wildman–Crippen MR) is 72.3 cm³/mol. The maximum atomic E-state index is 11.7. The van der Waals surface area contributed by atoms with Crippen molar-refractivity contribution in [2.75, 3.05) is 0 Å². The number of nitrogens with zero attached hydrogens (tertiary/aromatic N) is 1. The molecule has 0 aromatic carbocycles. The van der Waals surface area contributed by atoms with Crippen LogP contribution in [0.5, 0.6) is 0 Å². The van der Waals surface area contributed by atoms with Gasteiger partial charge in [0.25, 0.3) is 0 Å². The third kappa shape index (κ3) is 5.68. The second-order valence-corrected chi connectivity index (χ2v) is 4.81. The Labute approximate surface area is 113 Å². The number of aromatic nitrogens is 2. The quantitative estimate of drug-likeness (QED) is 0.638. The summed E-state index contributed by atoms with van der Waals surface area (Å²) in [7, 11) is 0. The summed E-state index contributed by atoms with van der Waals surface area (Å²) in [6.45, 7) is 2.18. The molecule has 19 heavy (non-hydrogen) atoms. The van der Waals surface area contributed by atoms with Crippen LogP contribution in [0.4, 0.5) is 0 Å². The maximum Gasteiger partial charge on any atom is 0.354 e. The van der Waals surface area contributed by atoms with Crippen molar-refractivity contribution in [2.24, 2.45) is 0 Å². The molecule has 0 spiro atoms. The first-order chi connectivity index (χ1) is 9.15. The first kappa shape index (κ1) is 15.4. The van der Waals surface area contributed by atoms with Crippen molar-refractivity contribution in [2.45, 2.75) is 58.3 Å². The Morgan fingerprint density at radius 2 is 1.89 bits per heavy atom. The number of carboxylic acid groups (broad SMARTS) is 1. The normalized spacial score (nSPS) is 10.6. The fourth-order valence-electron chi connectivity index (χ4n) is 2.03. The lowest BCUT2D eigenvalue weighted by atomic mass is 10.0. The van der Waals surface area contributed by atoms with Gasteiger partial charge in [-0.05, 0) is 6.42 Å². The first-order valence-electron chi connectivity index (χ1n) is 6.92. The smallest absolute Gasteiger partial charge is 0.354 e. The Morgan fingerprint density at radius 3 is 2.58 bits per heavy atom. The molecule has 0 aliphatic heterocycles. The third-order valence-corrected chi connectivity index (χ3v) is 3.13. The van der Waals surface area contributed by atoms with Gasteiger partial charge in [0.15, 0.2) is 0 Å². The summed E-state index contributed by atoms with van der Waals surface area (Å²) in [5.41, 5.74) is 0.500. The molecule has 1 aromatic heterocycles. The molecule has 0 saturated heterocycles. The Kier molecular flexibility index (Phi) is 6.85. The molecule has 106 valence electrons. The third-order valence-electron chi connectivity index (χ3n) is 3.13. The van der Waals surface area contributed by atoms with E-state index in [-0.39, 0.29) is 17.9 Å². The van der Waals surface area contributed by atoms with Crippen molar-refractivity contribution in [3.05, 3.63) is 17.5 Å². The molecule has 0 atom stereocenters. The summed E-state index contributed by atoms with van der Waals surface area (Å²) in [6, 6.07) is 0. The lowest BCUT2D eigenvalue weighted by Crippen LogP contribution is -2.07. The van der Waals surface area contributed by atoms with Gasteiger partial charge in [-0.25, -0.2) is 4.79 Å². The number of unbranched alkanes of at least 4 members (excludes halogenated alkanes) is 5. The second-order valence-electron chi connectivity index (χ2n) is 4.81. The molecule has 0 bridgehead atoms. The van der Waals surface area contributed by atoms with Crippen LogP contribution in [0, 0.1) is 0 Å². The largest absolute Gasteiger partial charge is 0.477 e. The van der Waals surface area contributed by atoms with E-state index in [9.17, 15) is 9.59 Å². The minimum absolute atomic E-state index is 0.0243. The van der Waals surface area contributed by atoms with Gasteiger partial charge in [-0.15, -0.1) is 0 Å². The van der Waals surface area contributed by atoms with Gasteiger partial charge >= 0.3 is 5.97 Å². The molecule has 1 aromatic rings. The first-order valence-corrected chi connectivity index (χ1v) is 6.92. The van der Waals surface area contributed by atoms with Crippen LogP contribution in [0.1, 0.15) is 67.9 Å². The Morgan fingerprint density at radius 1 is 1.21 bits per heavy atom. The zero-order valence-corrected chi connectivity index (χ0v) is 11.4. The topological polar surface area (TPSA) is 83.0 Å². The highest BCUT2D eigenvalue weighted by molar-refractivity contribution is 5.90. The zero-order chi connectivity index (χ0) is 14.1. The molecule has 5 nitrogen and oxygen atoms in total. The SMILES string of the molecule is CCCCCCCCC(=O)Cc1cn[nH]c1C(=O)O. The van der Waals surface area contributed by atoms with E-state index < -0.39 is 5.97 Å². The molecule has 0 fully saturated rings. The number of rotatable bonds is 10. The highest BCUT2D eigenvalue weighted by atomic mass is 16.4. The average Bonchev–Trinajstić information content (AvgIpc) is 2.81. The van der Waals surface area contributed by atoms with Crippen LogP contribution in [0.15, 0.2) is 6.20 Å². The van der Waals surface area contributed by atoms with Gasteiger partial charge in [-0.1, -0.05) is 39.0 Å². The molecule has 1 rings (SSSR count). The molecule has 1 heterocycles. The van der Waals surface area contributed by atoms with E-state index in [4.69, 9.17) is 5.11 Å². The number of aromatic carboxylic acids is 1. The lowest BCUT2D eigenvalue weighted by Gasteiger charge is -2.01. The molecule has 0 unspecified atom stereocenters. The standard InChI is InChI=1S/C14H22N2O3/c1-2-3-4-5-6-7-8-12(17)9-11-10-15-16-13(11)14(18)19/h10H,2-9H2,1H3,(H,15,16)(H,18,19). The maximum absolute atomic E-state index is 11.7. The molecule has 0 radical (unpaired) electrons. The van der Waals surface area contributed by atoms with E-state index in [0.717, 1.165) is 12.8 Å². The van der Waals surface area contributed by atoms with Crippen LogP contribution in [0.2, 0.25) is 0 Å². The van der Waals surface area contributed by atoms with Crippen LogP contribution in [-0.2, 0) is 11.2 Å². The van der Waals surface area contributed by atoms with Gasteiger partial charge in [0.2, 0.25) is 0 Å². The second kappa shape index (κ2) is 8.45. The van der Waals surface area contributed by atoms with Crippen molar-refractivity contribution >= 4 is 11.8 Å². The number of hydrogen-bond donors (Lipinski definition) is 2.